The van der Waals surface area contributed by atoms with Crippen molar-refractivity contribution in [3.8, 4) is 0 Å². The van der Waals surface area contributed by atoms with Crippen molar-refractivity contribution in [3.05, 3.63) is 69.8 Å². The molecular weight excluding hydrogens is 354 g/mol. The summed E-state index contributed by atoms with van der Waals surface area (Å²) in [6.45, 7) is 4.97. The second-order valence-electron chi connectivity index (χ2n) is 6.42. The number of nitro benzene ring substituents is 1. The quantitative estimate of drug-likeness (QED) is 0.592. The van der Waals surface area contributed by atoms with Crippen molar-refractivity contribution >= 4 is 15.7 Å². The summed E-state index contributed by atoms with van der Waals surface area (Å²) < 4.78 is 26.9. The van der Waals surface area contributed by atoms with Gasteiger partial charge < -0.3 is 0 Å². The summed E-state index contributed by atoms with van der Waals surface area (Å²) in [5, 5.41) is 10.7. The van der Waals surface area contributed by atoms with E-state index in [9.17, 15) is 18.5 Å². The number of hydrogen-bond acceptors (Lipinski definition) is 5. The lowest BCUT2D eigenvalue weighted by Gasteiger charge is -2.34. The zero-order valence-electron chi connectivity index (χ0n) is 14.5. The van der Waals surface area contributed by atoms with E-state index >= 15 is 0 Å². The molecule has 0 amide bonds. The Kier molecular flexibility index (Phi) is 5.36. The molecule has 0 atom stereocenters. The molecule has 1 fully saturated rings. The van der Waals surface area contributed by atoms with Gasteiger partial charge >= 0.3 is 0 Å². The first kappa shape index (κ1) is 18.5. The third kappa shape index (κ3) is 4.09. The Labute approximate surface area is 153 Å². The topological polar surface area (TPSA) is 83.8 Å². The highest BCUT2D eigenvalue weighted by Crippen LogP contribution is 2.21. The fraction of sp³-hybridized carbons (Fsp3) is 0.333. The van der Waals surface area contributed by atoms with Crippen LogP contribution in [0.3, 0.4) is 0 Å². The molecule has 0 saturated carbocycles. The van der Waals surface area contributed by atoms with E-state index in [1.807, 2.05) is 6.07 Å². The molecule has 26 heavy (non-hydrogen) atoms. The van der Waals surface area contributed by atoms with Gasteiger partial charge in [-0.05, 0) is 24.6 Å². The highest BCUT2D eigenvalue weighted by atomic mass is 32.2. The van der Waals surface area contributed by atoms with E-state index < -0.39 is 14.9 Å². The average molecular weight is 375 g/mol. The van der Waals surface area contributed by atoms with Gasteiger partial charge in [0.1, 0.15) is 0 Å². The van der Waals surface area contributed by atoms with Crippen LogP contribution in [0.25, 0.3) is 0 Å². The number of nitro groups is 1. The van der Waals surface area contributed by atoms with Gasteiger partial charge in [0, 0.05) is 44.9 Å². The zero-order valence-corrected chi connectivity index (χ0v) is 15.4. The number of sulfonamides is 1. The first-order valence-electron chi connectivity index (χ1n) is 8.39. The zero-order chi connectivity index (χ0) is 18.7. The molecule has 7 nitrogen and oxygen atoms in total. The van der Waals surface area contributed by atoms with Crippen LogP contribution in [0.5, 0.6) is 0 Å². The van der Waals surface area contributed by atoms with Crippen LogP contribution in [-0.4, -0.2) is 48.7 Å². The molecule has 8 heteroatoms. The van der Waals surface area contributed by atoms with Crippen molar-refractivity contribution in [1.82, 2.24) is 9.21 Å². The lowest BCUT2D eigenvalue weighted by atomic mass is 10.1. The molecule has 0 aromatic heterocycles. The number of aryl methyl sites for hydroxylation is 1. The molecule has 0 aliphatic carbocycles. The Morgan fingerprint density at radius 1 is 1.04 bits per heavy atom. The van der Waals surface area contributed by atoms with Crippen molar-refractivity contribution < 1.29 is 13.3 Å². The Hall–Kier alpha value is -2.29. The predicted molar refractivity (Wildman–Crippen MR) is 98.3 cm³/mol. The number of benzene rings is 2. The van der Waals surface area contributed by atoms with Crippen LogP contribution in [-0.2, 0) is 16.6 Å². The van der Waals surface area contributed by atoms with Crippen molar-refractivity contribution in [1.29, 1.82) is 0 Å². The van der Waals surface area contributed by atoms with E-state index in [2.05, 4.69) is 30.0 Å². The lowest BCUT2D eigenvalue weighted by Crippen LogP contribution is -2.48. The summed E-state index contributed by atoms with van der Waals surface area (Å²) in [5.74, 6) is 0. The van der Waals surface area contributed by atoms with Gasteiger partial charge in [-0.3, -0.25) is 15.0 Å². The van der Waals surface area contributed by atoms with Gasteiger partial charge in [0.05, 0.1) is 9.82 Å². The fourth-order valence-corrected chi connectivity index (χ4v) is 4.51. The number of nitrogens with zero attached hydrogens (tertiary/aromatic N) is 3. The third-order valence-electron chi connectivity index (χ3n) is 4.51. The van der Waals surface area contributed by atoms with Gasteiger partial charge in [0.25, 0.3) is 5.69 Å². The Morgan fingerprint density at radius 2 is 1.69 bits per heavy atom. The van der Waals surface area contributed by atoms with Crippen LogP contribution in [0.1, 0.15) is 11.1 Å². The monoisotopic (exact) mass is 375 g/mol. The molecule has 1 aliphatic heterocycles. The third-order valence-corrected chi connectivity index (χ3v) is 6.42. The summed E-state index contributed by atoms with van der Waals surface area (Å²) in [5.41, 5.74) is 2.31. The smallest absolute Gasteiger partial charge is 0.269 e. The largest absolute Gasteiger partial charge is 0.296 e. The second-order valence-corrected chi connectivity index (χ2v) is 8.36. The van der Waals surface area contributed by atoms with Gasteiger partial charge in [-0.25, -0.2) is 8.42 Å². The van der Waals surface area contributed by atoms with Crippen LogP contribution in [0.4, 0.5) is 5.69 Å². The summed E-state index contributed by atoms with van der Waals surface area (Å²) in [4.78, 5) is 12.5. The molecule has 0 unspecified atom stereocenters. The maximum atomic E-state index is 12.7. The van der Waals surface area contributed by atoms with Gasteiger partial charge in [0.2, 0.25) is 10.0 Å². The maximum Gasteiger partial charge on any atom is 0.269 e. The van der Waals surface area contributed by atoms with Crippen molar-refractivity contribution in [2.75, 3.05) is 26.2 Å². The minimum absolute atomic E-state index is 0.0928. The summed E-state index contributed by atoms with van der Waals surface area (Å²) in [6, 6.07) is 13.3. The highest BCUT2D eigenvalue weighted by molar-refractivity contribution is 7.89. The van der Waals surface area contributed by atoms with Crippen LogP contribution in [0.2, 0.25) is 0 Å². The number of non-ortho nitro benzene ring substituents is 1. The first-order valence-corrected chi connectivity index (χ1v) is 9.83. The number of hydrogen-bond donors (Lipinski definition) is 0. The van der Waals surface area contributed by atoms with Crippen molar-refractivity contribution in [2.45, 2.75) is 18.4 Å². The molecule has 1 saturated heterocycles. The molecule has 1 heterocycles. The van der Waals surface area contributed by atoms with Crippen molar-refractivity contribution in [2.24, 2.45) is 0 Å². The fourth-order valence-electron chi connectivity index (χ4n) is 3.09. The minimum atomic E-state index is -3.62. The average Bonchev–Trinajstić information content (AvgIpc) is 2.62. The Morgan fingerprint density at radius 3 is 2.27 bits per heavy atom. The van der Waals surface area contributed by atoms with E-state index in [1.54, 1.807) is 0 Å². The molecule has 0 radical (unpaired) electrons. The summed E-state index contributed by atoms with van der Waals surface area (Å²) in [7, 11) is -3.62. The molecule has 0 N–H and O–H groups in total. The van der Waals surface area contributed by atoms with Gasteiger partial charge in [0.15, 0.2) is 0 Å². The van der Waals surface area contributed by atoms with E-state index in [0.717, 1.165) is 6.54 Å². The molecule has 3 rings (SSSR count). The lowest BCUT2D eigenvalue weighted by molar-refractivity contribution is -0.384. The molecule has 0 bridgehead atoms. The highest BCUT2D eigenvalue weighted by Gasteiger charge is 2.28. The molecular formula is C18H21N3O4S. The Bertz CT molecular complexity index is 889. The van der Waals surface area contributed by atoms with Crippen LogP contribution < -0.4 is 0 Å². The van der Waals surface area contributed by atoms with Gasteiger partial charge in [-0.2, -0.15) is 4.31 Å². The first-order chi connectivity index (χ1) is 12.4. The van der Waals surface area contributed by atoms with E-state index in [4.69, 9.17) is 0 Å². The molecule has 2 aromatic carbocycles. The minimum Gasteiger partial charge on any atom is -0.296 e. The standard InChI is InChI=1S/C18H21N3O4S/c1-15-3-2-4-16(13-15)14-19-9-11-20(12-10-19)26(24,25)18-7-5-17(6-8-18)21(22)23/h2-8,13H,9-12,14H2,1H3. The van der Waals surface area contributed by atoms with Gasteiger partial charge in [-0.1, -0.05) is 29.8 Å². The van der Waals surface area contributed by atoms with E-state index in [-0.39, 0.29) is 10.6 Å². The van der Waals surface area contributed by atoms with Crippen LogP contribution in [0.15, 0.2) is 53.4 Å². The molecule has 0 spiro atoms. The summed E-state index contributed by atoms with van der Waals surface area (Å²) in [6.07, 6.45) is 0. The van der Waals surface area contributed by atoms with E-state index in [1.165, 1.54) is 39.7 Å². The maximum absolute atomic E-state index is 12.7. The SMILES string of the molecule is Cc1cccc(CN2CCN(S(=O)(=O)c3ccc([N+](=O)[O-])cc3)CC2)c1. The number of rotatable bonds is 5. The molecule has 138 valence electrons. The van der Waals surface area contributed by atoms with Crippen molar-refractivity contribution in [3.63, 3.8) is 0 Å². The Balaban J connectivity index is 1.64. The predicted octanol–water partition coefficient (Wildman–Crippen LogP) is 2.41. The van der Waals surface area contributed by atoms with Crippen LogP contribution in [0, 0.1) is 17.0 Å². The van der Waals surface area contributed by atoms with Gasteiger partial charge in [-0.15, -0.1) is 0 Å². The second kappa shape index (κ2) is 7.53. The molecule has 2 aromatic rings. The van der Waals surface area contributed by atoms with E-state index in [0.29, 0.717) is 26.2 Å². The number of piperazine rings is 1. The molecule has 1 aliphatic rings. The van der Waals surface area contributed by atoms with Crippen LogP contribution >= 0.6 is 0 Å². The normalized spacial score (nSPS) is 16.5. The summed E-state index contributed by atoms with van der Waals surface area (Å²) >= 11 is 0.